The first-order chi connectivity index (χ1) is 14.8. The first-order valence-electron chi connectivity index (χ1n) is 9.82. The minimum absolute atomic E-state index is 0.0363. The largest absolute Gasteiger partial charge is 0.393 e. The van der Waals surface area contributed by atoms with Gasteiger partial charge in [0.05, 0.1) is 35.4 Å². The highest BCUT2D eigenvalue weighted by Crippen LogP contribution is 2.27. The molecule has 0 spiro atoms. The predicted molar refractivity (Wildman–Crippen MR) is 112 cm³/mol. The summed E-state index contributed by atoms with van der Waals surface area (Å²) in [6, 6.07) is 1.68. The van der Waals surface area contributed by atoms with Gasteiger partial charge in [0.2, 0.25) is 6.43 Å². The summed E-state index contributed by atoms with van der Waals surface area (Å²) in [4.78, 5) is 22.2. The van der Waals surface area contributed by atoms with E-state index in [1.165, 1.54) is 6.20 Å². The highest BCUT2D eigenvalue weighted by atomic mass is 35.5. The smallest absolute Gasteiger partial charge is 0.255 e. The fourth-order valence-corrected chi connectivity index (χ4v) is 2.81. The normalized spacial score (nSPS) is 13.8. The maximum absolute atomic E-state index is 12.7. The molecule has 0 radical (unpaired) electrons. The number of pyridine rings is 1. The number of oxime groups is 1. The molecule has 2 aromatic rings. The Morgan fingerprint density at radius 2 is 2.19 bits per heavy atom. The van der Waals surface area contributed by atoms with Crippen molar-refractivity contribution in [3.05, 3.63) is 46.0 Å². The van der Waals surface area contributed by atoms with Crippen LogP contribution in [-0.4, -0.2) is 45.9 Å². The first-order valence-corrected chi connectivity index (χ1v) is 10.2. The van der Waals surface area contributed by atoms with Gasteiger partial charge in [-0.15, -0.1) is 0 Å². The van der Waals surface area contributed by atoms with Gasteiger partial charge in [-0.2, -0.15) is 5.10 Å². The molecule has 1 fully saturated rings. The van der Waals surface area contributed by atoms with E-state index in [0.29, 0.717) is 22.2 Å². The average molecular weight is 450 g/mol. The molecule has 1 aliphatic carbocycles. The molecule has 2 heterocycles. The van der Waals surface area contributed by atoms with Crippen molar-refractivity contribution in [3.8, 4) is 11.8 Å². The van der Waals surface area contributed by atoms with Gasteiger partial charge in [0, 0.05) is 17.7 Å². The summed E-state index contributed by atoms with van der Waals surface area (Å²) in [6.07, 6.45) is 1.60. The molecule has 0 aliphatic heterocycles. The predicted octanol–water partition coefficient (Wildman–Crippen LogP) is 3.59. The van der Waals surface area contributed by atoms with Crippen molar-refractivity contribution in [2.45, 2.75) is 45.6 Å². The third-order valence-corrected chi connectivity index (χ3v) is 4.51. The van der Waals surface area contributed by atoms with Gasteiger partial charge in [-0.3, -0.25) is 14.9 Å². The van der Waals surface area contributed by atoms with Gasteiger partial charge in [-0.1, -0.05) is 28.6 Å². The van der Waals surface area contributed by atoms with Crippen molar-refractivity contribution in [1.29, 1.82) is 0 Å². The van der Waals surface area contributed by atoms with E-state index in [1.807, 2.05) is 0 Å². The number of nitrogens with one attached hydrogen (secondary N) is 2. The Bertz CT molecular complexity index is 1020. The minimum atomic E-state index is -2.60. The van der Waals surface area contributed by atoms with E-state index in [2.05, 4.69) is 37.5 Å². The summed E-state index contributed by atoms with van der Waals surface area (Å²) < 4.78 is 25.4. The molecule has 10 heteroatoms. The van der Waals surface area contributed by atoms with Gasteiger partial charge < -0.3 is 10.2 Å². The van der Waals surface area contributed by atoms with E-state index < -0.39 is 18.8 Å². The van der Waals surface area contributed by atoms with Crippen LogP contribution in [0.3, 0.4) is 0 Å². The van der Waals surface area contributed by atoms with Crippen LogP contribution in [0.2, 0.25) is 5.02 Å². The Kier molecular flexibility index (Phi) is 7.58. The number of aromatic nitrogens is 3. The van der Waals surface area contributed by atoms with Crippen LogP contribution in [0.25, 0.3) is 0 Å². The fraction of sp³-hybridized carbons (Fsp3) is 0.429. The number of rotatable bonds is 8. The van der Waals surface area contributed by atoms with E-state index in [4.69, 9.17) is 16.4 Å². The number of amides is 1. The Hall–Kier alpha value is -2.99. The van der Waals surface area contributed by atoms with Gasteiger partial charge in [0.15, 0.2) is 0 Å². The number of hydrogen-bond acceptors (Lipinski definition) is 5. The molecule has 7 nitrogen and oxygen atoms in total. The van der Waals surface area contributed by atoms with Gasteiger partial charge in [-0.05, 0) is 32.8 Å². The van der Waals surface area contributed by atoms with E-state index in [1.54, 1.807) is 26.1 Å². The molecule has 1 aliphatic rings. The van der Waals surface area contributed by atoms with Crippen LogP contribution >= 0.6 is 11.6 Å². The molecule has 0 saturated heterocycles. The van der Waals surface area contributed by atoms with Crippen molar-refractivity contribution in [1.82, 2.24) is 20.5 Å². The molecule has 31 heavy (non-hydrogen) atoms. The topological polar surface area (TPSA) is 92.3 Å². The van der Waals surface area contributed by atoms with Crippen LogP contribution in [0.5, 0.6) is 0 Å². The van der Waals surface area contributed by atoms with E-state index in [9.17, 15) is 13.6 Å². The quantitative estimate of drug-likeness (QED) is 0.366. The maximum Gasteiger partial charge on any atom is 0.255 e. The number of halogens is 3. The van der Waals surface area contributed by atoms with Crippen LogP contribution in [0, 0.1) is 17.8 Å². The summed E-state index contributed by atoms with van der Waals surface area (Å²) in [6.45, 7) is 3.52. The van der Waals surface area contributed by atoms with Gasteiger partial charge in [-0.25, -0.2) is 8.78 Å². The fourth-order valence-electron chi connectivity index (χ4n) is 2.54. The molecule has 0 bridgehead atoms. The van der Waals surface area contributed by atoms with Crippen LogP contribution < -0.4 is 5.32 Å². The molecule has 0 atom stereocenters. The second kappa shape index (κ2) is 10.4. The Morgan fingerprint density at radius 1 is 1.42 bits per heavy atom. The van der Waals surface area contributed by atoms with Crippen molar-refractivity contribution < 1.29 is 18.4 Å². The van der Waals surface area contributed by atoms with Crippen molar-refractivity contribution in [2.75, 3.05) is 6.54 Å². The van der Waals surface area contributed by atoms with Gasteiger partial charge in [0.25, 0.3) is 5.91 Å². The van der Waals surface area contributed by atoms with Crippen molar-refractivity contribution >= 4 is 23.2 Å². The molecule has 164 valence electrons. The second-order valence-electron chi connectivity index (χ2n) is 7.33. The Labute approximate surface area is 183 Å². The molecule has 1 amide bonds. The number of carbonyl (C=O) groups is 1. The third-order valence-electron chi connectivity index (χ3n) is 4.22. The zero-order valence-electron chi connectivity index (χ0n) is 17.1. The Balaban J connectivity index is 1.76. The number of hydrogen-bond donors (Lipinski definition) is 2. The zero-order chi connectivity index (χ0) is 22.4. The number of nitrogens with zero attached hydrogens (tertiary/aromatic N) is 3. The number of alkyl halides is 2. The van der Waals surface area contributed by atoms with E-state index in [0.717, 1.165) is 12.8 Å². The summed E-state index contributed by atoms with van der Waals surface area (Å²) in [7, 11) is 0. The minimum Gasteiger partial charge on any atom is -0.393 e. The molecular weight excluding hydrogens is 428 g/mol. The van der Waals surface area contributed by atoms with Gasteiger partial charge in [0.1, 0.15) is 17.5 Å². The molecule has 0 unspecified atom stereocenters. The highest BCUT2D eigenvalue weighted by Gasteiger charge is 2.20. The summed E-state index contributed by atoms with van der Waals surface area (Å²) in [5.41, 5.74) is 1.39. The number of aromatic amines is 1. The molecule has 0 aromatic carbocycles. The maximum atomic E-state index is 12.7. The lowest BCUT2D eigenvalue weighted by atomic mass is 10.1. The lowest BCUT2D eigenvalue weighted by molar-refractivity contribution is 0.0854. The average Bonchev–Trinajstić information content (AvgIpc) is 3.43. The van der Waals surface area contributed by atoms with E-state index in [-0.39, 0.29) is 29.6 Å². The molecule has 3 rings (SSSR count). The second-order valence-corrected chi connectivity index (χ2v) is 7.74. The first kappa shape index (κ1) is 22.7. The Morgan fingerprint density at radius 3 is 2.84 bits per heavy atom. The molecule has 2 aromatic heterocycles. The van der Waals surface area contributed by atoms with Crippen LogP contribution in [0.1, 0.15) is 54.0 Å². The summed E-state index contributed by atoms with van der Waals surface area (Å²) >= 11 is 6.39. The van der Waals surface area contributed by atoms with E-state index >= 15 is 0 Å². The SMILES string of the molecule is CC(C)O/N=C(/CNC(=O)c1cn[nH]c1CC(F)F)c1ncc(C#CC2CC2)cc1Cl. The molecular formula is C21H22ClF2N5O2. The van der Waals surface area contributed by atoms with Crippen LogP contribution in [0.15, 0.2) is 23.6 Å². The number of H-pyrrole nitrogens is 1. The monoisotopic (exact) mass is 449 g/mol. The lowest BCUT2D eigenvalue weighted by Gasteiger charge is -2.11. The van der Waals surface area contributed by atoms with Gasteiger partial charge >= 0.3 is 0 Å². The lowest BCUT2D eigenvalue weighted by Crippen LogP contribution is -2.31. The summed E-state index contributed by atoms with van der Waals surface area (Å²) in [5, 5.41) is 13.1. The zero-order valence-corrected chi connectivity index (χ0v) is 17.8. The third kappa shape index (κ3) is 6.76. The van der Waals surface area contributed by atoms with Crippen LogP contribution in [-0.2, 0) is 11.3 Å². The molecule has 1 saturated carbocycles. The van der Waals surface area contributed by atoms with Crippen molar-refractivity contribution in [2.24, 2.45) is 11.1 Å². The standard InChI is InChI=1S/C21H22ClF2N5O2/c1-12(2)31-29-18(11-26-21(30)15-10-27-28-17(15)8-19(23)24)20-16(22)7-14(9-25-20)6-5-13-3-4-13/h7,9-10,12-13,19H,3-4,8,11H2,1-2H3,(H,26,30)(H,27,28)/b29-18-. The highest BCUT2D eigenvalue weighted by molar-refractivity contribution is 6.34. The number of carbonyl (C=O) groups excluding carboxylic acids is 1. The van der Waals surface area contributed by atoms with Crippen molar-refractivity contribution in [3.63, 3.8) is 0 Å². The van der Waals surface area contributed by atoms with Crippen LogP contribution in [0.4, 0.5) is 8.78 Å². The molecule has 2 N–H and O–H groups in total. The summed E-state index contributed by atoms with van der Waals surface area (Å²) in [5.74, 6) is 6.05.